The first-order chi connectivity index (χ1) is 8.51. The van der Waals surface area contributed by atoms with E-state index >= 15 is 0 Å². The minimum Gasteiger partial charge on any atom is -0.495 e. The maximum absolute atomic E-state index is 12.1. The predicted octanol–water partition coefficient (Wildman–Crippen LogP) is 1.52. The zero-order chi connectivity index (χ0) is 13.6. The zero-order valence-corrected chi connectivity index (χ0v) is 11.3. The molecule has 0 atom stereocenters. The van der Waals surface area contributed by atoms with E-state index in [0.29, 0.717) is 18.7 Å². The van der Waals surface area contributed by atoms with Crippen molar-refractivity contribution in [3.63, 3.8) is 0 Å². The van der Waals surface area contributed by atoms with Crippen molar-refractivity contribution in [2.45, 2.75) is 18.2 Å². The first-order valence-corrected chi connectivity index (χ1v) is 7.04. The lowest BCUT2D eigenvalue weighted by Crippen LogP contribution is -2.25. The van der Waals surface area contributed by atoms with Crippen LogP contribution in [0.5, 0.6) is 5.75 Å². The van der Waals surface area contributed by atoms with Crippen molar-refractivity contribution in [3.8, 4) is 5.75 Å². The molecule has 0 aliphatic heterocycles. The van der Waals surface area contributed by atoms with E-state index in [0.717, 1.165) is 0 Å². The van der Waals surface area contributed by atoms with E-state index in [9.17, 15) is 8.42 Å². The third-order valence-corrected chi connectivity index (χ3v) is 3.80. The Labute approximate surface area is 108 Å². The third-order valence-electron chi connectivity index (χ3n) is 2.32. The maximum atomic E-state index is 12.1. The molecule has 1 aromatic rings. The van der Waals surface area contributed by atoms with E-state index in [1.54, 1.807) is 6.07 Å². The Balaban J connectivity index is 2.93. The predicted molar refractivity (Wildman–Crippen MR) is 72.0 cm³/mol. The summed E-state index contributed by atoms with van der Waals surface area (Å²) in [6, 6.07) is 4.52. The van der Waals surface area contributed by atoms with Gasteiger partial charge in [0.15, 0.2) is 0 Å². The third kappa shape index (κ3) is 3.75. The summed E-state index contributed by atoms with van der Waals surface area (Å²) in [4.78, 5) is 0.0606. The Kier molecular flexibility index (Phi) is 5.18. The van der Waals surface area contributed by atoms with E-state index in [4.69, 9.17) is 10.5 Å². The van der Waals surface area contributed by atoms with Crippen LogP contribution in [0.25, 0.3) is 0 Å². The van der Waals surface area contributed by atoms with Gasteiger partial charge in [0, 0.05) is 12.2 Å². The molecule has 0 heterocycles. The lowest BCUT2D eigenvalue weighted by atomic mass is 10.3. The topological polar surface area (TPSA) is 81.4 Å². The average Bonchev–Trinajstić information content (AvgIpc) is 2.35. The average molecular weight is 270 g/mol. The summed E-state index contributed by atoms with van der Waals surface area (Å²) in [5.74, 6) is 0.280. The Bertz CT molecular complexity index is 524. The van der Waals surface area contributed by atoms with E-state index in [1.807, 2.05) is 19.1 Å². The fourth-order valence-corrected chi connectivity index (χ4v) is 2.67. The van der Waals surface area contributed by atoms with Gasteiger partial charge in [-0.1, -0.05) is 12.2 Å². The lowest BCUT2D eigenvalue weighted by molar-refractivity contribution is 0.402. The van der Waals surface area contributed by atoms with Crippen LogP contribution in [0.4, 0.5) is 5.69 Å². The van der Waals surface area contributed by atoms with Crippen molar-refractivity contribution in [1.82, 2.24) is 4.72 Å². The highest BCUT2D eigenvalue weighted by atomic mass is 32.2. The second-order valence-corrected chi connectivity index (χ2v) is 5.40. The monoisotopic (exact) mass is 270 g/mol. The molecule has 0 radical (unpaired) electrons. The van der Waals surface area contributed by atoms with Crippen LogP contribution >= 0.6 is 0 Å². The molecule has 100 valence electrons. The molecular weight excluding hydrogens is 252 g/mol. The molecule has 1 aromatic carbocycles. The van der Waals surface area contributed by atoms with Crippen LogP contribution in [0.3, 0.4) is 0 Å². The van der Waals surface area contributed by atoms with E-state index in [1.165, 1.54) is 19.2 Å². The first-order valence-electron chi connectivity index (χ1n) is 5.55. The number of nitrogens with one attached hydrogen (secondary N) is 1. The molecule has 6 heteroatoms. The lowest BCUT2D eigenvalue weighted by Gasteiger charge is -2.10. The van der Waals surface area contributed by atoms with Crippen LogP contribution in [0.2, 0.25) is 0 Å². The SMILES string of the molecule is C/C=C/CCNS(=O)(=O)c1cc(N)ccc1OC. The summed E-state index contributed by atoms with van der Waals surface area (Å²) < 4.78 is 31.6. The zero-order valence-electron chi connectivity index (χ0n) is 10.5. The van der Waals surface area contributed by atoms with Crippen molar-refractivity contribution >= 4 is 15.7 Å². The molecule has 5 nitrogen and oxygen atoms in total. The number of ether oxygens (including phenoxy) is 1. The molecule has 0 aliphatic carbocycles. The van der Waals surface area contributed by atoms with Gasteiger partial charge >= 0.3 is 0 Å². The molecule has 0 fully saturated rings. The second kappa shape index (κ2) is 6.42. The Morgan fingerprint density at radius 2 is 2.17 bits per heavy atom. The number of sulfonamides is 1. The molecule has 0 unspecified atom stereocenters. The van der Waals surface area contributed by atoms with Crippen molar-refractivity contribution < 1.29 is 13.2 Å². The second-order valence-electron chi connectivity index (χ2n) is 3.67. The molecule has 0 saturated carbocycles. The largest absolute Gasteiger partial charge is 0.495 e. The highest BCUT2D eigenvalue weighted by Gasteiger charge is 2.18. The molecular formula is C12H18N2O3S. The van der Waals surface area contributed by atoms with Crippen LogP contribution in [0.15, 0.2) is 35.2 Å². The number of hydrogen-bond acceptors (Lipinski definition) is 4. The summed E-state index contributed by atoms with van der Waals surface area (Å²) >= 11 is 0. The number of benzene rings is 1. The quantitative estimate of drug-likeness (QED) is 0.466. The van der Waals surface area contributed by atoms with Gasteiger partial charge in [-0.05, 0) is 31.5 Å². The summed E-state index contributed by atoms with van der Waals surface area (Å²) in [5, 5.41) is 0. The van der Waals surface area contributed by atoms with Gasteiger partial charge < -0.3 is 10.5 Å². The normalized spacial score (nSPS) is 11.9. The molecule has 0 aliphatic rings. The van der Waals surface area contributed by atoms with Gasteiger partial charge in [0.1, 0.15) is 10.6 Å². The van der Waals surface area contributed by atoms with Gasteiger partial charge in [-0.3, -0.25) is 0 Å². The van der Waals surface area contributed by atoms with E-state index < -0.39 is 10.0 Å². The fraction of sp³-hybridized carbons (Fsp3) is 0.333. The molecule has 1 rings (SSSR count). The van der Waals surface area contributed by atoms with Crippen molar-refractivity contribution in [2.24, 2.45) is 0 Å². The van der Waals surface area contributed by atoms with Gasteiger partial charge in [-0.15, -0.1) is 0 Å². The van der Waals surface area contributed by atoms with Crippen molar-refractivity contribution in [2.75, 3.05) is 19.4 Å². The molecule has 0 bridgehead atoms. The minimum atomic E-state index is -3.59. The highest BCUT2D eigenvalue weighted by Crippen LogP contribution is 2.25. The number of anilines is 1. The molecule has 0 saturated heterocycles. The van der Waals surface area contributed by atoms with Crippen LogP contribution in [-0.4, -0.2) is 22.1 Å². The number of hydrogen-bond donors (Lipinski definition) is 2. The summed E-state index contributed by atoms with van der Waals surface area (Å²) in [7, 11) is -2.17. The van der Waals surface area contributed by atoms with Gasteiger partial charge in [0.25, 0.3) is 0 Å². The summed E-state index contributed by atoms with van der Waals surface area (Å²) in [5.41, 5.74) is 5.98. The van der Waals surface area contributed by atoms with Gasteiger partial charge in [-0.25, -0.2) is 13.1 Å². The summed E-state index contributed by atoms with van der Waals surface area (Å²) in [6.45, 7) is 2.22. The fourth-order valence-electron chi connectivity index (χ4n) is 1.42. The highest BCUT2D eigenvalue weighted by molar-refractivity contribution is 7.89. The number of rotatable bonds is 6. The molecule has 0 spiro atoms. The van der Waals surface area contributed by atoms with Crippen LogP contribution < -0.4 is 15.2 Å². The number of nitrogen functional groups attached to an aromatic ring is 1. The standard InChI is InChI=1S/C12H18N2O3S/c1-3-4-5-8-14-18(15,16)12-9-10(13)6-7-11(12)17-2/h3-4,6-7,9,14H,5,8,13H2,1-2H3/b4-3+. The van der Waals surface area contributed by atoms with Gasteiger partial charge in [0.05, 0.1) is 7.11 Å². The van der Waals surface area contributed by atoms with Crippen LogP contribution in [-0.2, 0) is 10.0 Å². The molecule has 18 heavy (non-hydrogen) atoms. The van der Waals surface area contributed by atoms with Crippen molar-refractivity contribution in [1.29, 1.82) is 0 Å². The molecule has 3 N–H and O–H groups in total. The first kappa shape index (κ1) is 14.5. The van der Waals surface area contributed by atoms with Crippen molar-refractivity contribution in [3.05, 3.63) is 30.4 Å². The molecule has 0 amide bonds. The number of methoxy groups -OCH3 is 1. The minimum absolute atomic E-state index is 0.0606. The van der Waals surface area contributed by atoms with Gasteiger partial charge in [0.2, 0.25) is 10.0 Å². The Morgan fingerprint density at radius 1 is 1.44 bits per heavy atom. The Morgan fingerprint density at radius 3 is 2.78 bits per heavy atom. The van der Waals surface area contributed by atoms with E-state index in [-0.39, 0.29) is 10.6 Å². The number of nitrogens with two attached hydrogens (primary N) is 1. The summed E-state index contributed by atoms with van der Waals surface area (Å²) in [6.07, 6.45) is 4.40. The maximum Gasteiger partial charge on any atom is 0.244 e. The number of allylic oxidation sites excluding steroid dienone is 1. The van der Waals surface area contributed by atoms with Crippen LogP contribution in [0.1, 0.15) is 13.3 Å². The van der Waals surface area contributed by atoms with Gasteiger partial charge in [-0.2, -0.15) is 0 Å². The molecule has 0 aromatic heterocycles. The smallest absolute Gasteiger partial charge is 0.244 e. The van der Waals surface area contributed by atoms with Crippen LogP contribution in [0, 0.1) is 0 Å². The Hall–Kier alpha value is -1.53. The van der Waals surface area contributed by atoms with E-state index in [2.05, 4.69) is 4.72 Å².